The highest BCUT2D eigenvalue weighted by atomic mass is 35.5. The maximum absolute atomic E-state index is 12.8. The van der Waals surface area contributed by atoms with Crippen LogP contribution in [0, 0.1) is 0 Å². The largest absolute Gasteiger partial charge is 0.482 e. The Balaban J connectivity index is 0.00000385. The minimum Gasteiger partial charge on any atom is -0.482 e. The molecule has 0 unspecified atom stereocenters. The average Bonchev–Trinajstić information content (AvgIpc) is 2.78. The number of aliphatic hydroxyl groups excluding tert-OH is 1. The lowest BCUT2D eigenvalue weighted by Crippen LogP contribution is -2.21. The number of hydrogen-bond donors (Lipinski definition) is 3. The summed E-state index contributed by atoms with van der Waals surface area (Å²) in [6.07, 6.45) is -0.712. The van der Waals surface area contributed by atoms with Gasteiger partial charge in [-0.05, 0) is 59.7 Å². The van der Waals surface area contributed by atoms with E-state index in [1.165, 1.54) is 36.4 Å². The van der Waals surface area contributed by atoms with Crippen molar-refractivity contribution >= 4 is 39.8 Å². The molecule has 3 rings (SSSR count). The summed E-state index contributed by atoms with van der Waals surface area (Å²) in [5, 5.41) is 22.6. The van der Waals surface area contributed by atoms with Crippen molar-refractivity contribution in [3.8, 4) is 5.75 Å². The van der Waals surface area contributed by atoms with Gasteiger partial charge in [0.1, 0.15) is 5.75 Å². The predicted octanol–water partition coefficient (Wildman–Crippen LogP) is 3.88. The zero-order valence-corrected chi connectivity index (χ0v) is 19.7. The predicted molar refractivity (Wildman–Crippen MR) is 127 cm³/mol. The third-order valence-corrected chi connectivity index (χ3v) is 6.65. The van der Waals surface area contributed by atoms with E-state index >= 15 is 0 Å². The van der Waals surface area contributed by atoms with E-state index in [9.17, 15) is 18.3 Å². The fraction of sp³-hybridized carbons (Fsp3) is 0.174. The number of benzene rings is 3. The van der Waals surface area contributed by atoms with Gasteiger partial charge in [0.15, 0.2) is 6.61 Å². The van der Waals surface area contributed by atoms with E-state index in [0.717, 1.165) is 5.56 Å². The van der Waals surface area contributed by atoms with Crippen molar-refractivity contribution in [1.29, 1.82) is 0 Å². The summed E-state index contributed by atoms with van der Waals surface area (Å²) in [5.74, 6) is -0.844. The number of sulfone groups is 1. The molecule has 0 aliphatic heterocycles. The van der Waals surface area contributed by atoms with Gasteiger partial charge in [-0.3, -0.25) is 0 Å². The number of carboxylic acid groups (broad SMARTS) is 1. The lowest BCUT2D eigenvalue weighted by molar-refractivity contribution is -0.139. The fourth-order valence-corrected chi connectivity index (χ4v) is 4.43. The zero-order valence-electron chi connectivity index (χ0n) is 17.3. The molecule has 0 saturated carbocycles. The number of ether oxygens (including phenoxy) is 1. The molecular formula is C23H23Cl2NO6S. The molecule has 10 heteroatoms. The van der Waals surface area contributed by atoms with Crippen LogP contribution in [-0.4, -0.2) is 37.8 Å². The SMILES string of the molecule is Cl.O=C(O)COc1ccc(S(=O)(=O)c2ccc(CNC[C@H](O)c3cccc(Cl)c3)cc2)cc1. The van der Waals surface area contributed by atoms with E-state index in [2.05, 4.69) is 5.32 Å². The summed E-state index contributed by atoms with van der Waals surface area (Å²) in [4.78, 5) is 10.8. The number of aliphatic hydroxyl groups is 1. The first kappa shape index (κ1) is 26.6. The zero-order chi connectivity index (χ0) is 23.1. The third-order valence-electron chi connectivity index (χ3n) is 4.63. The van der Waals surface area contributed by atoms with Crippen LogP contribution in [0.1, 0.15) is 17.2 Å². The molecule has 0 aliphatic carbocycles. The molecule has 33 heavy (non-hydrogen) atoms. The smallest absolute Gasteiger partial charge is 0.341 e. The fourth-order valence-electron chi connectivity index (χ4n) is 2.97. The lowest BCUT2D eigenvalue weighted by Gasteiger charge is -2.13. The number of carbonyl (C=O) groups is 1. The standard InChI is InChI=1S/C23H22ClNO6S.ClH/c24-18-3-1-2-17(12-18)22(26)14-25-13-16-4-8-20(9-5-16)32(29,30)21-10-6-19(7-11-21)31-15-23(27)28;/h1-12,22,25-26H,13-15H2,(H,27,28);1H/t22-;/m0./s1. The Hall–Kier alpha value is -2.62. The lowest BCUT2D eigenvalue weighted by atomic mass is 10.1. The number of nitrogens with one attached hydrogen (secondary N) is 1. The average molecular weight is 512 g/mol. The van der Waals surface area contributed by atoms with Gasteiger partial charge in [0.2, 0.25) is 9.84 Å². The van der Waals surface area contributed by atoms with Gasteiger partial charge in [-0.15, -0.1) is 12.4 Å². The van der Waals surface area contributed by atoms with Crippen molar-refractivity contribution in [3.05, 3.63) is 88.9 Å². The van der Waals surface area contributed by atoms with E-state index in [-0.39, 0.29) is 27.9 Å². The molecule has 0 saturated heterocycles. The molecule has 0 aliphatic rings. The number of rotatable bonds is 10. The Labute approximate surface area is 203 Å². The van der Waals surface area contributed by atoms with Crippen LogP contribution in [0.4, 0.5) is 0 Å². The number of carboxylic acids is 1. The molecule has 3 aromatic rings. The van der Waals surface area contributed by atoms with Gasteiger partial charge in [-0.1, -0.05) is 35.9 Å². The maximum atomic E-state index is 12.8. The van der Waals surface area contributed by atoms with Crippen LogP contribution in [0.15, 0.2) is 82.6 Å². The van der Waals surface area contributed by atoms with Crippen molar-refractivity contribution < 1.29 is 28.2 Å². The molecule has 7 nitrogen and oxygen atoms in total. The molecule has 1 atom stereocenters. The summed E-state index contributed by atoms with van der Waals surface area (Å²) >= 11 is 5.94. The van der Waals surface area contributed by atoms with Crippen LogP contribution < -0.4 is 10.1 Å². The van der Waals surface area contributed by atoms with E-state index in [4.69, 9.17) is 21.4 Å². The first-order valence-corrected chi connectivity index (χ1v) is 11.5. The number of hydrogen-bond acceptors (Lipinski definition) is 6. The molecule has 176 valence electrons. The quantitative estimate of drug-likeness (QED) is 0.378. The molecular weight excluding hydrogens is 489 g/mol. The Bertz CT molecular complexity index is 1170. The minimum absolute atomic E-state index is 0. The van der Waals surface area contributed by atoms with E-state index < -0.39 is 28.5 Å². The van der Waals surface area contributed by atoms with Crippen molar-refractivity contribution in [2.24, 2.45) is 0 Å². The first-order chi connectivity index (χ1) is 15.3. The first-order valence-electron chi connectivity index (χ1n) is 9.68. The van der Waals surface area contributed by atoms with Crippen molar-refractivity contribution in [2.45, 2.75) is 22.4 Å². The Kier molecular flexibility index (Phi) is 9.70. The van der Waals surface area contributed by atoms with Crippen molar-refractivity contribution in [1.82, 2.24) is 5.32 Å². The second kappa shape index (κ2) is 12.0. The molecule has 0 aromatic heterocycles. The van der Waals surface area contributed by atoms with E-state index in [1.807, 2.05) is 0 Å². The Morgan fingerprint density at radius 3 is 2.18 bits per heavy atom. The summed E-state index contributed by atoms with van der Waals surface area (Å²) in [7, 11) is -3.72. The summed E-state index contributed by atoms with van der Waals surface area (Å²) in [6, 6.07) is 19.0. The molecule has 0 heterocycles. The van der Waals surface area contributed by atoms with E-state index in [0.29, 0.717) is 23.7 Å². The van der Waals surface area contributed by atoms with Crippen LogP contribution in [0.5, 0.6) is 5.75 Å². The normalized spacial score (nSPS) is 11.9. The van der Waals surface area contributed by atoms with Crippen LogP contribution in [-0.2, 0) is 21.2 Å². The highest BCUT2D eigenvalue weighted by molar-refractivity contribution is 7.91. The Morgan fingerprint density at radius 1 is 1.00 bits per heavy atom. The Morgan fingerprint density at radius 2 is 1.61 bits per heavy atom. The molecule has 3 N–H and O–H groups in total. The molecule has 0 fully saturated rings. The number of aliphatic carboxylic acids is 1. The second-order valence-electron chi connectivity index (χ2n) is 7.00. The molecule has 0 radical (unpaired) electrons. The van der Waals surface area contributed by atoms with Gasteiger partial charge in [0.25, 0.3) is 0 Å². The third kappa shape index (κ3) is 7.45. The van der Waals surface area contributed by atoms with Gasteiger partial charge in [-0.25, -0.2) is 13.2 Å². The second-order valence-corrected chi connectivity index (χ2v) is 9.39. The minimum atomic E-state index is -3.72. The van der Waals surface area contributed by atoms with Crippen molar-refractivity contribution in [3.63, 3.8) is 0 Å². The van der Waals surface area contributed by atoms with Crippen LogP contribution >= 0.6 is 24.0 Å². The van der Waals surface area contributed by atoms with Crippen LogP contribution in [0.2, 0.25) is 5.02 Å². The van der Waals surface area contributed by atoms with Crippen molar-refractivity contribution in [2.75, 3.05) is 13.2 Å². The highest BCUT2D eigenvalue weighted by Crippen LogP contribution is 2.24. The van der Waals surface area contributed by atoms with Gasteiger partial charge < -0.3 is 20.3 Å². The van der Waals surface area contributed by atoms with Crippen LogP contribution in [0.3, 0.4) is 0 Å². The van der Waals surface area contributed by atoms with Crippen LogP contribution in [0.25, 0.3) is 0 Å². The molecule has 0 amide bonds. The monoisotopic (exact) mass is 511 g/mol. The summed E-state index contributed by atoms with van der Waals surface area (Å²) in [5.41, 5.74) is 1.57. The molecule has 3 aromatic carbocycles. The molecule has 0 spiro atoms. The van der Waals surface area contributed by atoms with Gasteiger partial charge >= 0.3 is 5.97 Å². The summed E-state index contributed by atoms with van der Waals surface area (Å²) < 4.78 is 30.7. The number of halogens is 2. The highest BCUT2D eigenvalue weighted by Gasteiger charge is 2.17. The topological polar surface area (TPSA) is 113 Å². The van der Waals surface area contributed by atoms with Gasteiger partial charge in [0.05, 0.1) is 15.9 Å². The van der Waals surface area contributed by atoms with E-state index in [1.54, 1.807) is 36.4 Å². The van der Waals surface area contributed by atoms with Gasteiger partial charge in [0, 0.05) is 18.1 Å². The summed E-state index contributed by atoms with van der Waals surface area (Å²) in [6.45, 7) is 0.266. The van der Waals surface area contributed by atoms with Gasteiger partial charge in [-0.2, -0.15) is 0 Å². The molecule has 0 bridgehead atoms. The maximum Gasteiger partial charge on any atom is 0.341 e.